The number of phenolic OH excluding ortho intramolecular Hbond substituents is 1. The van der Waals surface area contributed by atoms with Crippen molar-refractivity contribution < 1.29 is 23.4 Å². The standard InChI is InChI=1S/C28H27F2N3O3.C4H9N/c1-3-18-20(29)9-8-15-11-17(34)12-19(23(15)18)26-25(30)27-24-21(13-22(31-27)35-2)33-10-6-4-5-7-16(33)14-36-28(24)32-26;1-5-3-2-4-5/h8-9,11-13,16,34H,3-7,10,14H2,1-2H3;2-4H2,1H3. The van der Waals surface area contributed by atoms with Gasteiger partial charge in [-0.15, -0.1) is 0 Å². The zero-order chi connectivity index (χ0) is 28.7. The lowest BCUT2D eigenvalue weighted by Crippen LogP contribution is -2.38. The highest BCUT2D eigenvalue weighted by Gasteiger charge is 2.32. The highest BCUT2D eigenvalue weighted by Crippen LogP contribution is 2.45. The van der Waals surface area contributed by atoms with Gasteiger partial charge in [0.1, 0.15) is 29.4 Å². The summed E-state index contributed by atoms with van der Waals surface area (Å²) < 4.78 is 42.9. The van der Waals surface area contributed by atoms with Gasteiger partial charge in [0, 0.05) is 18.2 Å². The number of aryl methyl sites for hydroxylation is 1. The van der Waals surface area contributed by atoms with Crippen LogP contribution in [0.4, 0.5) is 14.5 Å². The fraction of sp³-hybridized carbons (Fsp3) is 0.438. The third kappa shape index (κ3) is 5.01. The van der Waals surface area contributed by atoms with Crippen molar-refractivity contribution in [2.45, 2.75) is 51.5 Å². The molecule has 2 aromatic carbocycles. The summed E-state index contributed by atoms with van der Waals surface area (Å²) in [5.74, 6) is -0.533. The molecule has 0 amide bonds. The Balaban J connectivity index is 0.000000548. The first-order valence-corrected chi connectivity index (χ1v) is 14.5. The largest absolute Gasteiger partial charge is 0.508 e. The van der Waals surface area contributed by atoms with E-state index in [0.29, 0.717) is 46.2 Å². The second kappa shape index (κ2) is 11.3. The van der Waals surface area contributed by atoms with E-state index in [-0.39, 0.29) is 34.7 Å². The summed E-state index contributed by atoms with van der Waals surface area (Å²) in [5.41, 5.74) is 1.58. The summed E-state index contributed by atoms with van der Waals surface area (Å²) >= 11 is 0. The summed E-state index contributed by atoms with van der Waals surface area (Å²) in [6.07, 6.45) is 6.04. The van der Waals surface area contributed by atoms with E-state index in [1.54, 1.807) is 12.1 Å². The predicted molar refractivity (Wildman–Crippen MR) is 157 cm³/mol. The number of halogens is 2. The monoisotopic (exact) mass is 562 g/mol. The Morgan fingerprint density at radius 1 is 1.02 bits per heavy atom. The molecule has 9 heteroatoms. The number of methoxy groups -OCH3 is 1. The van der Waals surface area contributed by atoms with Gasteiger partial charge in [0.05, 0.1) is 24.2 Å². The zero-order valence-electron chi connectivity index (χ0n) is 23.8. The van der Waals surface area contributed by atoms with Crippen molar-refractivity contribution in [2.24, 2.45) is 0 Å². The molecule has 1 atom stereocenters. The molecule has 1 N–H and O–H groups in total. The third-order valence-corrected chi connectivity index (χ3v) is 8.47. The molecule has 41 heavy (non-hydrogen) atoms. The van der Waals surface area contributed by atoms with Gasteiger partial charge in [0.2, 0.25) is 11.8 Å². The molecule has 2 saturated heterocycles. The number of nitrogens with zero attached hydrogens (tertiary/aromatic N) is 4. The lowest BCUT2D eigenvalue weighted by Gasteiger charge is -2.30. The van der Waals surface area contributed by atoms with Crippen molar-refractivity contribution in [3.8, 4) is 28.8 Å². The number of aromatic hydroxyl groups is 1. The first-order valence-electron chi connectivity index (χ1n) is 14.5. The second-order valence-corrected chi connectivity index (χ2v) is 11.1. The van der Waals surface area contributed by atoms with Crippen LogP contribution in [-0.2, 0) is 6.42 Å². The molecule has 4 aromatic rings. The average Bonchev–Trinajstić information content (AvgIpc) is 3.28. The van der Waals surface area contributed by atoms with Crippen LogP contribution in [0.25, 0.3) is 32.9 Å². The number of fused-ring (bicyclic) bond motifs is 3. The van der Waals surface area contributed by atoms with Crippen LogP contribution in [0.5, 0.6) is 17.5 Å². The Labute approximate surface area is 238 Å². The fourth-order valence-electron chi connectivity index (χ4n) is 6.16. The number of anilines is 1. The lowest BCUT2D eigenvalue weighted by atomic mass is 9.94. The predicted octanol–water partition coefficient (Wildman–Crippen LogP) is 6.47. The number of phenols is 1. The van der Waals surface area contributed by atoms with Crippen LogP contribution >= 0.6 is 0 Å². The van der Waals surface area contributed by atoms with E-state index >= 15 is 4.39 Å². The maximum absolute atomic E-state index is 16.4. The van der Waals surface area contributed by atoms with Crippen LogP contribution in [0.1, 0.15) is 44.6 Å². The number of pyridine rings is 2. The number of hydrogen-bond acceptors (Lipinski definition) is 7. The first-order chi connectivity index (χ1) is 19.9. The molecule has 7 nitrogen and oxygen atoms in total. The summed E-state index contributed by atoms with van der Waals surface area (Å²) in [4.78, 5) is 13.7. The smallest absolute Gasteiger partial charge is 0.225 e. The molecule has 0 spiro atoms. The van der Waals surface area contributed by atoms with Gasteiger partial charge in [-0.1, -0.05) is 25.8 Å². The van der Waals surface area contributed by atoms with Crippen molar-refractivity contribution in [1.82, 2.24) is 14.9 Å². The van der Waals surface area contributed by atoms with Crippen molar-refractivity contribution >= 4 is 27.4 Å². The molecule has 2 aromatic heterocycles. The minimum Gasteiger partial charge on any atom is -0.508 e. The Bertz CT molecular complexity index is 1610. The van der Waals surface area contributed by atoms with Crippen LogP contribution < -0.4 is 14.4 Å². The number of rotatable bonds is 3. The molecule has 0 saturated carbocycles. The van der Waals surface area contributed by atoms with Crippen LogP contribution in [0.15, 0.2) is 30.3 Å². The Kier molecular flexibility index (Phi) is 7.55. The van der Waals surface area contributed by atoms with E-state index in [4.69, 9.17) is 9.47 Å². The van der Waals surface area contributed by atoms with E-state index in [0.717, 1.165) is 37.9 Å². The first kappa shape index (κ1) is 27.4. The van der Waals surface area contributed by atoms with Gasteiger partial charge in [0.15, 0.2) is 5.82 Å². The van der Waals surface area contributed by atoms with E-state index in [1.807, 2.05) is 13.0 Å². The third-order valence-electron chi connectivity index (χ3n) is 8.47. The summed E-state index contributed by atoms with van der Waals surface area (Å²) in [5, 5.41) is 12.1. The van der Waals surface area contributed by atoms with Gasteiger partial charge in [-0.05, 0) is 80.4 Å². The Morgan fingerprint density at radius 2 is 1.83 bits per heavy atom. The number of ether oxygens (including phenoxy) is 2. The van der Waals surface area contributed by atoms with Gasteiger partial charge < -0.3 is 24.4 Å². The second-order valence-electron chi connectivity index (χ2n) is 11.1. The quantitative estimate of drug-likeness (QED) is 0.307. The summed E-state index contributed by atoms with van der Waals surface area (Å²) in [7, 11) is 3.65. The fourth-order valence-corrected chi connectivity index (χ4v) is 6.16. The molecule has 5 heterocycles. The molecule has 2 fully saturated rings. The Hall–Kier alpha value is -3.72. The van der Waals surface area contributed by atoms with Gasteiger partial charge in [0.25, 0.3) is 0 Å². The van der Waals surface area contributed by atoms with E-state index in [9.17, 15) is 9.50 Å². The molecule has 3 aliphatic rings. The number of benzene rings is 2. The number of likely N-dealkylation sites (tertiary alicyclic amines) is 1. The minimum absolute atomic E-state index is 0.0394. The lowest BCUT2D eigenvalue weighted by molar-refractivity contribution is 0.229. The van der Waals surface area contributed by atoms with Crippen LogP contribution in [-0.4, -0.2) is 66.4 Å². The molecule has 7 rings (SSSR count). The maximum atomic E-state index is 16.4. The molecule has 3 aliphatic heterocycles. The van der Waals surface area contributed by atoms with Gasteiger partial charge in [-0.25, -0.2) is 18.7 Å². The van der Waals surface area contributed by atoms with Crippen molar-refractivity contribution in [3.05, 3.63) is 47.5 Å². The van der Waals surface area contributed by atoms with Gasteiger partial charge in [-0.2, -0.15) is 0 Å². The van der Waals surface area contributed by atoms with Gasteiger partial charge >= 0.3 is 0 Å². The highest BCUT2D eigenvalue weighted by atomic mass is 19.1. The molecule has 216 valence electrons. The number of aromatic nitrogens is 2. The van der Waals surface area contributed by atoms with Crippen molar-refractivity contribution in [1.29, 1.82) is 0 Å². The molecule has 0 bridgehead atoms. The van der Waals surface area contributed by atoms with E-state index in [1.165, 1.54) is 38.8 Å². The summed E-state index contributed by atoms with van der Waals surface area (Å²) in [6, 6.07) is 7.87. The zero-order valence-corrected chi connectivity index (χ0v) is 23.8. The molecule has 0 radical (unpaired) electrons. The SMILES string of the molecule is CCc1c(F)ccc2cc(O)cc(-c3nc4c5c(cc(OC)nc5c3F)N3CCCCCC3CO4)c12.CN1CCC1. The molecular formula is C32H36F2N4O3. The minimum atomic E-state index is -0.663. The number of hydrogen-bond donors (Lipinski definition) is 1. The highest BCUT2D eigenvalue weighted by molar-refractivity contribution is 6.04. The molecule has 1 unspecified atom stereocenters. The van der Waals surface area contributed by atoms with Crippen LogP contribution in [0.3, 0.4) is 0 Å². The van der Waals surface area contributed by atoms with Gasteiger partial charge in [-0.3, -0.25) is 0 Å². The Morgan fingerprint density at radius 3 is 2.54 bits per heavy atom. The van der Waals surface area contributed by atoms with Crippen LogP contribution in [0.2, 0.25) is 0 Å². The molecular weight excluding hydrogens is 526 g/mol. The van der Waals surface area contributed by atoms with Crippen molar-refractivity contribution in [3.63, 3.8) is 0 Å². The molecule has 0 aliphatic carbocycles. The van der Waals surface area contributed by atoms with Crippen molar-refractivity contribution in [2.75, 3.05) is 45.3 Å². The average molecular weight is 563 g/mol. The van der Waals surface area contributed by atoms with E-state index in [2.05, 4.69) is 26.8 Å². The maximum Gasteiger partial charge on any atom is 0.225 e. The summed E-state index contributed by atoms with van der Waals surface area (Å²) in [6.45, 7) is 5.72. The van der Waals surface area contributed by atoms with Crippen LogP contribution in [0, 0.1) is 11.6 Å². The topological polar surface area (TPSA) is 71.0 Å². The van der Waals surface area contributed by atoms with E-state index < -0.39 is 5.82 Å². The normalized spacial score (nSPS) is 18.5.